The second-order valence-electron chi connectivity index (χ2n) is 4.57. The zero-order chi connectivity index (χ0) is 12.9. The molecule has 0 aliphatic carbocycles. The van der Waals surface area contributed by atoms with Crippen molar-refractivity contribution in [3.05, 3.63) is 0 Å². The molecule has 0 spiro atoms. The van der Waals surface area contributed by atoms with Gasteiger partial charge in [0, 0.05) is 27.7 Å². The van der Waals surface area contributed by atoms with Crippen LogP contribution in [0.3, 0.4) is 0 Å². The molecule has 0 radical (unpaired) electrons. The number of carbonyl (C=O) groups is 2. The molecular weight excluding hydrogens is 206 g/mol. The average Bonchev–Trinajstić information content (AvgIpc) is 2.17. The van der Waals surface area contributed by atoms with Crippen molar-refractivity contribution in [1.82, 2.24) is 9.80 Å². The first-order valence-corrected chi connectivity index (χ1v) is 5.46. The quantitative estimate of drug-likeness (QED) is 0.708. The normalized spacial score (nSPS) is 12.4. The Morgan fingerprint density at radius 3 is 2.00 bits per heavy atom. The third kappa shape index (κ3) is 4.18. The van der Waals surface area contributed by atoms with Gasteiger partial charge in [0.2, 0.25) is 11.8 Å². The summed E-state index contributed by atoms with van der Waals surface area (Å²) in [6, 6.07) is 0. The van der Waals surface area contributed by atoms with Gasteiger partial charge in [-0.15, -0.1) is 0 Å². The maximum absolute atomic E-state index is 11.9. The molecule has 0 aliphatic heterocycles. The Labute approximate surface area is 97.6 Å². The predicted molar refractivity (Wildman–Crippen MR) is 63.7 cm³/mol. The molecule has 1 atom stereocenters. The van der Waals surface area contributed by atoms with Crippen LogP contribution >= 0.6 is 0 Å². The molecule has 0 saturated carbocycles. The summed E-state index contributed by atoms with van der Waals surface area (Å²) in [4.78, 5) is 26.3. The van der Waals surface area contributed by atoms with Gasteiger partial charge in [0.05, 0.1) is 12.5 Å². The lowest BCUT2D eigenvalue weighted by molar-refractivity contribution is -0.141. The highest BCUT2D eigenvalue weighted by atomic mass is 16.2. The van der Waals surface area contributed by atoms with Crippen LogP contribution in [0.2, 0.25) is 0 Å². The summed E-state index contributed by atoms with van der Waals surface area (Å²) >= 11 is 0. The third-order valence-corrected chi connectivity index (χ3v) is 2.62. The lowest BCUT2D eigenvalue weighted by atomic mass is 9.94. The van der Waals surface area contributed by atoms with E-state index in [2.05, 4.69) is 0 Å². The van der Waals surface area contributed by atoms with Gasteiger partial charge in [-0.05, 0) is 5.92 Å². The Bertz CT molecular complexity index is 252. The summed E-state index contributed by atoms with van der Waals surface area (Å²) in [7, 11) is 4.97. The number of rotatable bonds is 5. The average molecular weight is 229 g/mol. The topological polar surface area (TPSA) is 66.6 Å². The van der Waals surface area contributed by atoms with Crippen LogP contribution in [-0.4, -0.2) is 55.8 Å². The Balaban J connectivity index is 4.43. The first-order chi connectivity index (χ1) is 7.31. The molecule has 0 aromatic carbocycles. The SMILES string of the molecule is CC(C)C(CN)C(=O)N(C)CC(=O)N(C)C. The minimum absolute atomic E-state index is 0.0623. The number of amides is 2. The minimum atomic E-state index is -0.208. The van der Waals surface area contributed by atoms with Crippen molar-refractivity contribution in [2.45, 2.75) is 13.8 Å². The van der Waals surface area contributed by atoms with Crippen LogP contribution in [0.15, 0.2) is 0 Å². The minimum Gasteiger partial charge on any atom is -0.347 e. The van der Waals surface area contributed by atoms with Gasteiger partial charge >= 0.3 is 0 Å². The zero-order valence-corrected chi connectivity index (χ0v) is 10.9. The van der Waals surface area contributed by atoms with Crippen molar-refractivity contribution < 1.29 is 9.59 Å². The van der Waals surface area contributed by atoms with Crippen LogP contribution in [0.1, 0.15) is 13.8 Å². The van der Waals surface area contributed by atoms with E-state index in [1.807, 2.05) is 13.8 Å². The van der Waals surface area contributed by atoms with E-state index < -0.39 is 0 Å². The summed E-state index contributed by atoms with van der Waals surface area (Å²) in [6.45, 7) is 4.33. The van der Waals surface area contributed by atoms with Crippen molar-refractivity contribution >= 4 is 11.8 Å². The molecule has 0 aromatic heterocycles. The molecule has 5 nitrogen and oxygen atoms in total. The molecule has 2 N–H and O–H groups in total. The van der Waals surface area contributed by atoms with Crippen LogP contribution in [0, 0.1) is 11.8 Å². The number of carbonyl (C=O) groups excluding carboxylic acids is 2. The van der Waals surface area contributed by atoms with Crippen molar-refractivity contribution in [2.24, 2.45) is 17.6 Å². The predicted octanol–water partition coefficient (Wildman–Crippen LogP) is -0.236. The molecule has 1 unspecified atom stereocenters. The van der Waals surface area contributed by atoms with Crippen molar-refractivity contribution in [2.75, 3.05) is 34.2 Å². The Hall–Kier alpha value is -1.10. The van der Waals surface area contributed by atoms with Crippen LogP contribution < -0.4 is 5.73 Å². The number of hydrogen-bond acceptors (Lipinski definition) is 3. The van der Waals surface area contributed by atoms with Gasteiger partial charge in [0.1, 0.15) is 0 Å². The molecule has 2 amide bonds. The van der Waals surface area contributed by atoms with Crippen LogP contribution in [0.25, 0.3) is 0 Å². The summed E-state index contributed by atoms with van der Waals surface area (Å²) in [5.41, 5.74) is 5.56. The fourth-order valence-electron chi connectivity index (χ4n) is 1.36. The zero-order valence-electron chi connectivity index (χ0n) is 10.9. The molecule has 0 heterocycles. The van der Waals surface area contributed by atoms with Crippen molar-refractivity contribution in [3.8, 4) is 0 Å². The molecule has 0 saturated heterocycles. The molecular formula is C11H23N3O2. The Morgan fingerprint density at radius 2 is 1.69 bits per heavy atom. The van der Waals surface area contributed by atoms with Gasteiger partial charge in [-0.25, -0.2) is 0 Å². The van der Waals surface area contributed by atoms with Gasteiger partial charge in [0.15, 0.2) is 0 Å². The van der Waals surface area contributed by atoms with Crippen LogP contribution in [0.4, 0.5) is 0 Å². The number of nitrogens with zero attached hydrogens (tertiary/aromatic N) is 2. The number of hydrogen-bond donors (Lipinski definition) is 1. The second kappa shape index (κ2) is 6.48. The third-order valence-electron chi connectivity index (χ3n) is 2.62. The van der Waals surface area contributed by atoms with Crippen LogP contribution in [0.5, 0.6) is 0 Å². The lowest BCUT2D eigenvalue weighted by Gasteiger charge is -2.25. The lowest BCUT2D eigenvalue weighted by Crippen LogP contribution is -2.43. The Morgan fingerprint density at radius 1 is 1.19 bits per heavy atom. The Kier molecular flexibility index (Phi) is 6.03. The van der Waals surface area contributed by atoms with E-state index in [0.717, 1.165) is 0 Å². The van der Waals surface area contributed by atoms with Crippen LogP contribution in [-0.2, 0) is 9.59 Å². The molecule has 5 heteroatoms. The highest BCUT2D eigenvalue weighted by Gasteiger charge is 2.25. The first-order valence-electron chi connectivity index (χ1n) is 5.46. The van der Waals surface area contributed by atoms with Crippen molar-refractivity contribution in [1.29, 1.82) is 0 Å². The molecule has 0 fully saturated rings. The summed E-state index contributed by atoms with van der Waals surface area (Å²) in [6.07, 6.45) is 0. The van der Waals surface area contributed by atoms with E-state index in [-0.39, 0.29) is 30.2 Å². The number of likely N-dealkylation sites (N-methyl/N-ethyl adjacent to an activating group) is 2. The van der Waals surface area contributed by atoms with Gasteiger partial charge in [-0.1, -0.05) is 13.8 Å². The summed E-state index contributed by atoms with van der Waals surface area (Å²) in [5, 5.41) is 0. The molecule has 0 aromatic rings. The van der Waals surface area contributed by atoms with E-state index in [1.54, 1.807) is 21.1 Å². The molecule has 0 aliphatic rings. The number of nitrogens with two attached hydrogens (primary N) is 1. The molecule has 16 heavy (non-hydrogen) atoms. The summed E-state index contributed by atoms with van der Waals surface area (Å²) in [5.74, 6) is -0.169. The van der Waals surface area contributed by atoms with E-state index in [1.165, 1.54) is 9.80 Å². The maximum atomic E-state index is 11.9. The van der Waals surface area contributed by atoms with E-state index in [4.69, 9.17) is 5.73 Å². The van der Waals surface area contributed by atoms with Crippen molar-refractivity contribution in [3.63, 3.8) is 0 Å². The highest BCUT2D eigenvalue weighted by Crippen LogP contribution is 2.12. The second-order valence-corrected chi connectivity index (χ2v) is 4.57. The highest BCUT2D eigenvalue weighted by molar-refractivity contribution is 5.85. The van der Waals surface area contributed by atoms with Gasteiger partial charge in [0.25, 0.3) is 0 Å². The fourth-order valence-corrected chi connectivity index (χ4v) is 1.36. The maximum Gasteiger partial charge on any atom is 0.241 e. The molecule has 94 valence electrons. The largest absolute Gasteiger partial charge is 0.347 e. The van der Waals surface area contributed by atoms with Gasteiger partial charge < -0.3 is 15.5 Å². The van der Waals surface area contributed by atoms with E-state index in [9.17, 15) is 9.59 Å². The summed E-state index contributed by atoms with van der Waals surface area (Å²) < 4.78 is 0. The van der Waals surface area contributed by atoms with E-state index in [0.29, 0.717) is 6.54 Å². The van der Waals surface area contributed by atoms with Gasteiger partial charge in [-0.2, -0.15) is 0 Å². The molecule has 0 rings (SSSR count). The van der Waals surface area contributed by atoms with E-state index >= 15 is 0 Å². The smallest absolute Gasteiger partial charge is 0.241 e. The standard InChI is InChI=1S/C11H23N3O2/c1-8(2)9(6-12)11(16)14(5)7-10(15)13(3)4/h8-9H,6-7,12H2,1-5H3. The first kappa shape index (κ1) is 14.9. The van der Waals surface area contributed by atoms with Gasteiger partial charge in [-0.3, -0.25) is 9.59 Å². The fraction of sp³-hybridized carbons (Fsp3) is 0.818. The molecule has 0 bridgehead atoms. The monoisotopic (exact) mass is 229 g/mol.